The first-order chi connectivity index (χ1) is 5.83. The summed E-state index contributed by atoms with van der Waals surface area (Å²) in [7, 11) is 0. The summed E-state index contributed by atoms with van der Waals surface area (Å²) in [6, 6.07) is 7.84. The van der Waals surface area contributed by atoms with Gasteiger partial charge in [0.15, 0.2) is 0 Å². The molecule has 0 radical (unpaired) electrons. The van der Waals surface area contributed by atoms with Gasteiger partial charge in [0.1, 0.15) is 0 Å². The van der Waals surface area contributed by atoms with E-state index < -0.39 is 0 Å². The Morgan fingerprint density at radius 1 is 1.42 bits per heavy atom. The summed E-state index contributed by atoms with van der Waals surface area (Å²) in [4.78, 5) is 0. The number of benzene rings is 1. The Hall–Kier alpha value is -1.09. The van der Waals surface area contributed by atoms with Crippen LogP contribution in [-0.4, -0.2) is 6.21 Å². The number of hydrogen-bond acceptors (Lipinski definition) is 2. The van der Waals surface area contributed by atoms with E-state index in [1.807, 2.05) is 24.3 Å². The minimum Gasteiger partial charge on any atom is -0.362 e. The molecule has 0 unspecified atom stereocenters. The molecular weight excluding hydrogens is 216 g/mol. The van der Waals surface area contributed by atoms with Crippen molar-refractivity contribution in [3.8, 4) is 0 Å². The van der Waals surface area contributed by atoms with E-state index in [4.69, 9.17) is 5.41 Å². The Kier molecular flexibility index (Phi) is 3.54. The largest absolute Gasteiger partial charge is 0.362 e. The molecule has 0 aliphatic carbocycles. The minimum absolute atomic E-state index is 1.00. The molecule has 1 aromatic carbocycles. The van der Waals surface area contributed by atoms with Crippen LogP contribution in [0.2, 0.25) is 0 Å². The quantitative estimate of drug-likeness (QED) is 0.762. The summed E-state index contributed by atoms with van der Waals surface area (Å²) in [5, 5.41) is 9.77. The van der Waals surface area contributed by atoms with Gasteiger partial charge >= 0.3 is 0 Å². The molecule has 0 fully saturated rings. The van der Waals surface area contributed by atoms with E-state index in [2.05, 4.69) is 21.2 Å². The van der Waals surface area contributed by atoms with E-state index in [1.165, 1.54) is 6.21 Å². The van der Waals surface area contributed by atoms with Crippen LogP contribution >= 0.6 is 15.9 Å². The van der Waals surface area contributed by atoms with E-state index in [0.29, 0.717) is 0 Å². The van der Waals surface area contributed by atoms with E-state index >= 15 is 0 Å². The zero-order chi connectivity index (χ0) is 8.81. The van der Waals surface area contributed by atoms with E-state index in [9.17, 15) is 0 Å². The maximum Gasteiger partial charge on any atom is 0.0391 e. The van der Waals surface area contributed by atoms with Gasteiger partial charge in [-0.25, -0.2) is 0 Å². The van der Waals surface area contributed by atoms with Crippen molar-refractivity contribution in [2.24, 2.45) is 0 Å². The fourth-order valence-electron chi connectivity index (χ4n) is 0.771. The van der Waals surface area contributed by atoms with Crippen LogP contribution in [-0.2, 0) is 0 Å². The Labute approximate surface area is 79.9 Å². The van der Waals surface area contributed by atoms with Gasteiger partial charge in [0.05, 0.1) is 0 Å². The summed E-state index contributed by atoms with van der Waals surface area (Å²) in [6.45, 7) is 0. The molecular formula is C9H9BrN2. The SMILES string of the molecule is N=C/C=C\Nc1cccc(Br)c1. The third-order valence-corrected chi connectivity index (χ3v) is 1.76. The molecule has 0 aromatic heterocycles. The predicted molar refractivity (Wildman–Crippen MR) is 55.7 cm³/mol. The highest BCUT2D eigenvalue weighted by molar-refractivity contribution is 9.10. The van der Waals surface area contributed by atoms with Crippen LogP contribution in [0.15, 0.2) is 41.0 Å². The average Bonchev–Trinajstić information content (AvgIpc) is 2.05. The average molecular weight is 225 g/mol. The fraction of sp³-hybridized carbons (Fsp3) is 0. The number of rotatable bonds is 3. The van der Waals surface area contributed by atoms with Crippen molar-refractivity contribution in [2.45, 2.75) is 0 Å². The van der Waals surface area contributed by atoms with Gasteiger partial charge in [-0.15, -0.1) is 0 Å². The molecule has 2 nitrogen and oxygen atoms in total. The Bertz CT molecular complexity index is 294. The summed E-state index contributed by atoms with van der Waals surface area (Å²) in [5.74, 6) is 0. The van der Waals surface area contributed by atoms with Crippen LogP contribution in [0.3, 0.4) is 0 Å². The van der Waals surface area contributed by atoms with Gasteiger partial charge < -0.3 is 10.7 Å². The summed E-state index contributed by atoms with van der Waals surface area (Å²) in [5.41, 5.74) is 1.00. The molecule has 1 aromatic rings. The molecule has 0 saturated heterocycles. The maximum atomic E-state index is 6.75. The van der Waals surface area contributed by atoms with Crippen molar-refractivity contribution >= 4 is 27.8 Å². The van der Waals surface area contributed by atoms with Crippen molar-refractivity contribution in [1.82, 2.24) is 0 Å². The fourth-order valence-corrected chi connectivity index (χ4v) is 1.17. The molecule has 0 saturated carbocycles. The van der Waals surface area contributed by atoms with Gasteiger partial charge in [0, 0.05) is 22.6 Å². The Balaban J connectivity index is 2.63. The molecule has 0 atom stereocenters. The van der Waals surface area contributed by atoms with Crippen molar-refractivity contribution in [3.63, 3.8) is 0 Å². The second-order valence-electron chi connectivity index (χ2n) is 2.18. The molecule has 0 bridgehead atoms. The van der Waals surface area contributed by atoms with Crippen molar-refractivity contribution in [1.29, 1.82) is 5.41 Å². The number of anilines is 1. The zero-order valence-electron chi connectivity index (χ0n) is 6.42. The number of allylic oxidation sites excluding steroid dienone is 1. The summed E-state index contributed by atoms with van der Waals surface area (Å²) in [6.07, 6.45) is 4.57. The monoisotopic (exact) mass is 224 g/mol. The van der Waals surface area contributed by atoms with Crippen LogP contribution in [0, 0.1) is 5.41 Å². The van der Waals surface area contributed by atoms with Gasteiger partial charge in [0.2, 0.25) is 0 Å². The van der Waals surface area contributed by atoms with Crippen molar-refractivity contribution in [2.75, 3.05) is 5.32 Å². The van der Waals surface area contributed by atoms with Crippen LogP contribution in [0.25, 0.3) is 0 Å². The minimum atomic E-state index is 1.00. The molecule has 0 amide bonds. The van der Waals surface area contributed by atoms with Crippen LogP contribution < -0.4 is 5.32 Å². The third-order valence-electron chi connectivity index (χ3n) is 1.27. The van der Waals surface area contributed by atoms with Gasteiger partial charge in [-0.1, -0.05) is 22.0 Å². The van der Waals surface area contributed by atoms with E-state index in [1.54, 1.807) is 12.3 Å². The van der Waals surface area contributed by atoms with Crippen LogP contribution in [0.4, 0.5) is 5.69 Å². The molecule has 62 valence electrons. The normalized spacial score (nSPS) is 10.1. The molecule has 0 aliphatic rings. The summed E-state index contributed by atoms with van der Waals surface area (Å²) >= 11 is 3.36. The van der Waals surface area contributed by atoms with Gasteiger partial charge in [-0.05, 0) is 24.3 Å². The third kappa shape index (κ3) is 2.88. The smallest absolute Gasteiger partial charge is 0.0391 e. The first-order valence-corrected chi connectivity index (χ1v) is 4.30. The van der Waals surface area contributed by atoms with E-state index in [-0.39, 0.29) is 0 Å². The lowest BCUT2D eigenvalue weighted by molar-refractivity contribution is 1.55. The summed E-state index contributed by atoms with van der Waals surface area (Å²) < 4.78 is 1.04. The maximum absolute atomic E-state index is 6.75. The zero-order valence-corrected chi connectivity index (χ0v) is 8.01. The lowest BCUT2D eigenvalue weighted by Crippen LogP contribution is -1.86. The van der Waals surface area contributed by atoms with Gasteiger partial charge in [-0.3, -0.25) is 0 Å². The van der Waals surface area contributed by atoms with E-state index in [0.717, 1.165) is 10.2 Å². The van der Waals surface area contributed by atoms with Crippen molar-refractivity contribution in [3.05, 3.63) is 41.0 Å². The Morgan fingerprint density at radius 3 is 2.92 bits per heavy atom. The topological polar surface area (TPSA) is 35.9 Å². The first-order valence-electron chi connectivity index (χ1n) is 3.50. The first kappa shape index (κ1) is 9.00. The van der Waals surface area contributed by atoms with Crippen LogP contribution in [0.5, 0.6) is 0 Å². The van der Waals surface area contributed by atoms with Gasteiger partial charge in [0.25, 0.3) is 0 Å². The van der Waals surface area contributed by atoms with Gasteiger partial charge in [-0.2, -0.15) is 0 Å². The highest BCUT2D eigenvalue weighted by atomic mass is 79.9. The highest BCUT2D eigenvalue weighted by Crippen LogP contribution is 2.15. The molecule has 1 rings (SSSR count). The highest BCUT2D eigenvalue weighted by Gasteiger charge is 1.87. The molecule has 0 heterocycles. The molecule has 0 spiro atoms. The molecule has 0 aliphatic heterocycles. The van der Waals surface area contributed by atoms with Crippen molar-refractivity contribution < 1.29 is 0 Å². The standard InChI is InChI=1S/C9H9BrN2/c10-8-3-1-4-9(7-8)12-6-2-5-11/h1-7,11-12H/b6-2-,11-5?. The number of nitrogens with one attached hydrogen (secondary N) is 2. The Morgan fingerprint density at radius 2 is 2.25 bits per heavy atom. The lowest BCUT2D eigenvalue weighted by atomic mass is 10.3. The lowest BCUT2D eigenvalue weighted by Gasteiger charge is -1.99. The number of halogens is 1. The second-order valence-corrected chi connectivity index (χ2v) is 3.10. The molecule has 12 heavy (non-hydrogen) atoms. The number of hydrogen-bond donors (Lipinski definition) is 2. The second kappa shape index (κ2) is 4.72. The molecule has 3 heteroatoms. The van der Waals surface area contributed by atoms with Crippen LogP contribution in [0.1, 0.15) is 0 Å². The molecule has 2 N–H and O–H groups in total. The predicted octanol–water partition coefficient (Wildman–Crippen LogP) is 3.02.